The van der Waals surface area contributed by atoms with Gasteiger partial charge in [-0.25, -0.2) is 4.99 Å². The highest BCUT2D eigenvalue weighted by Crippen LogP contribution is 2.47. The van der Waals surface area contributed by atoms with Crippen LogP contribution in [-0.2, 0) is 16.0 Å². The van der Waals surface area contributed by atoms with Crippen LogP contribution in [0, 0.1) is 17.8 Å². The van der Waals surface area contributed by atoms with Gasteiger partial charge in [0.1, 0.15) is 5.84 Å². The van der Waals surface area contributed by atoms with E-state index in [2.05, 4.69) is 23.1 Å². The zero-order valence-corrected chi connectivity index (χ0v) is 12.8. The first-order chi connectivity index (χ1) is 11.2. The van der Waals surface area contributed by atoms with Crippen LogP contribution in [-0.4, -0.2) is 47.1 Å². The van der Waals surface area contributed by atoms with E-state index in [9.17, 15) is 9.59 Å². The minimum Gasteiger partial charge on any atom is -0.352 e. The average Bonchev–Trinajstić information content (AvgIpc) is 2.76. The van der Waals surface area contributed by atoms with Crippen LogP contribution in [0.25, 0.3) is 0 Å². The molecule has 0 aromatic heterocycles. The van der Waals surface area contributed by atoms with Crippen LogP contribution in [0.2, 0.25) is 0 Å². The molecular formula is C18H17N3O2. The normalized spacial score (nSPS) is 34.0. The summed E-state index contributed by atoms with van der Waals surface area (Å²) in [7, 11) is 1.60. The van der Waals surface area contributed by atoms with Crippen molar-refractivity contribution in [1.29, 1.82) is 0 Å². The van der Waals surface area contributed by atoms with Crippen LogP contribution in [0.4, 0.5) is 5.69 Å². The molecule has 2 amide bonds. The predicted octanol–water partition coefficient (Wildman–Crippen LogP) is 1.37. The number of benzene rings is 1. The van der Waals surface area contributed by atoms with E-state index in [0.29, 0.717) is 0 Å². The van der Waals surface area contributed by atoms with Gasteiger partial charge in [0.25, 0.3) is 0 Å². The number of nitrogens with zero attached hydrogens (tertiary/aromatic N) is 3. The molecule has 0 spiro atoms. The highest BCUT2D eigenvalue weighted by atomic mass is 16.2. The zero-order valence-electron chi connectivity index (χ0n) is 12.8. The molecule has 116 valence electrons. The molecule has 2 fully saturated rings. The van der Waals surface area contributed by atoms with Crippen molar-refractivity contribution in [2.75, 3.05) is 13.6 Å². The maximum absolute atomic E-state index is 12.5. The number of aliphatic imine (C=N–C) groups is 1. The zero-order chi connectivity index (χ0) is 15.7. The Bertz CT molecular complexity index is 797. The minimum atomic E-state index is -0.275. The lowest BCUT2D eigenvalue weighted by Crippen LogP contribution is -2.59. The molecular weight excluding hydrogens is 290 g/mol. The number of amides is 2. The number of carbonyl (C=O) groups is 2. The summed E-state index contributed by atoms with van der Waals surface area (Å²) < 4.78 is 0. The van der Waals surface area contributed by atoms with E-state index in [0.717, 1.165) is 24.5 Å². The van der Waals surface area contributed by atoms with Crippen molar-refractivity contribution >= 4 is 23.3 Å². The summed E-state index contributed by atoms with van der Waals surface area (Å²) in [5.41, 5.74) is 2.22. The van der Waals surface area contributed by atoms with Gasteiger partial charge < -0.3 is 4.90 Å². The van der Waals surface area contributed by atoms with Gasteiger partial charge in [-0.1, -0.05) is 30.4 Å². The molecule has 5 aliphatic rings. The van der Waals surface area contributed by atoms with Gasteiger partial charge in [-0.2, -0.15) is 0 Å². The lowest BCUT2D eigenvalue weighted by Gasteiger charge is -2.48. The number of carbonyl (C=O) groups excluding carboxylic acids is 2. The number of rotatable bonds is 0. The third-order valence-electron chi connectivity index (χ3n) is 5.69. The van der Waals surface area contributed by atoms with Crippen molar-refractivity contribution in [3.63, 3.8) is 0 Å². The summed E-state index contributed by atoms with van der Waals surface area (Å²) >= 11 is 0. The van der Waals surface area contributed by atoms with Crippen molar-refractivity contribution in [2.24, 2.45) is 22.7 Å². The molecule has 5 heteroatoms. The number of piperidine rings is 1. The Labute approximate surface area is 134 Å². The Morgan fingerprint density at radius 1 is 1.09 bits per heavy atom. The van der Waals surface area contributed by atoms with Gasteiger partial charge >= 0.3 is 0 Å². The first-order valence-corrected chi connectivity index (χ1v) is 8.09. The topological polar surface area (TPSA) is 53.0 Å². The van der Waals surface area contributed by atoms with Crippen molar-refractivity contribution in [2.45, 2.75) is 12.5 Å². The fourth-order valence-corrected chi connectivity index (χ4v) is 4.56. The van der Waals surface area contributed by atoms with Crippen molar-refractivity contribution in [3.8, 4) is 0 Å². The molecule has 0 radical (unpaired) electrons. The largest absolute Gasteiger partial charge is 0.352 e. The number of hydrogen-bond donors (Lipinski definition) is 0. The van der Waals surface area contributed by atoms with Gasteiger partial charge in [-0.05, 0) is 18.1 Å². The van der Waals surface area contributed by atoms with E-state index < -0.39 is 0 Å². The Hall–Kier alpha value is -2.43. The lowest BCUT2D eigenvalue weighted by atomic mass is 9.69. The van der Waals surface area contributed by atoms with Gasteiger partial charge in [-0.15, -0.1) is 0 Å². The van der Waals surface area contributed by atoms with E-state index >= 15 is 0 Å². The van der Waals surface area contributed by atoms with Crippen LogP contribution in [0.15, 0.2) is 41.4 Å². The molecule has 1 aliphatic carbocycles. The summed E-state index contributed by atoms with van der Waals surface area (Å²) in [6.07, 6.45) is 5.10. The third kappa shape index (κ3) is 1.54. The average molecular weight is 307 g/mol. The molecule has 1 aromatic carbocycles. The van der Waals surface area contributed by atoms with Crippen LogP contribution in [0.1, 0.15) is 5.56 Å². The number of para-hydroxylation sites is 1. The molecule has 4 atom stereocenters. The minimum absolute atomic E-state index is 0.0415. The van der Waals surface area contributed by atoms with Gasteiger partial charge in [0, 0.05) is 19.5 Å². The Morgan fingerprint density at radius 3 is 2.74 bits per heavy atom. The second kappa shape index (κ2) is 4.31. The highest BCUT2D eigenvalue weighted by molar-refractivity contribution is 6.10. The highest BCUT2D eigenvalue weighted by Gasteiger charge is 2.60. The second-order valence-corrected chi connectivity index (χ2v) is 6.73. The summed E-state index contributed by atoms with van der Waals surface area (Å²) in [4.78, 5) is 33.5. The molecule has 2 bridgehead atoms. The quantitative estimate of drug-likeness (QED) is 0.537. The Morgan fingerprint density at radius 2 is 1.87 bits per heavy atom. The molecule has 23 heavy (non-hydrogen) atoms. The molecule has 0 saturated carbocycles. The van der Waals surface area contributed by atoms with Crippen molar-refractivity contribution in [1.82, 2.24) is 9.80 Å². The molecule has 4 heterocycles. The van der Waals surface area contributed by atoms with Gasteiger partial charge in [0.15, 0.2) is 0 Å². The monoisotopic (exact) mass is 307 g/mol. The fraction of sp³-hybridized carbons (Fsp3) is 0.389. The Kier molecular flexibility index (Phi) is 2.45. The van der Waals surface area contributed by atoms with E-state index in [4.69, 9.17) is 4.99 Å². The summed E-state index contributed by atoms with van der Waals surface area (Å²) in [5.74, 6) is 0.252. The SMILES string of the molecule is CN1C(=O)C2C3C=CC(C2C1=O)N1CCc2ccccc2N=C31. The van der Waals surface area contributed by atoms with E-state index in [1.165, 1.54) is 10.5 Å². The molecule has 5 nitrogen and oxygen atoms in total. The molecule has 4 unspecified atom stereocenters. The predicted molar refractivity (Wildman–Crippen MR) is 85.1 cm³/mol. The first-order valence-electron chi connectivity index (χ1n) is 8.09. The van der Waals surface area contributed by atoms with Crippen molar-refractivity contribution in [3.05, 3.63) is 42.0 Å². The summed E-state index contributed by atoms with van der Waals surface area (Å²) in [6, 6.07) is 8.13. The number of amidine groups is 1. The number of hydrogen-bond acceptors (Lipinski definition) is 4. The van der Waals surface area contributed by atoms with Crippen LogP contribution >= 0.6 is 0 Å². The smallest absolute Gasteiger partial charge is 0.235 e. The van der Waals surface area contributed by atoms with E-state index in [-0.39, 0.29) is 35.6 Å². The summed E-state index contributed by atoms with van der Waals surface area (Å²) in [6.45, 7) is 0.843. The van der Waals surface area contributed by atoms with Crippen molar-refractivity contribution < 1.29 is 9.59 Å². The van der Waals surface area contributed by atoms with Gasteiger partial charge in [-0.3, -0.25) is 14.5 Å². The summed E-state index contributed by atoms with van der Waals surface area (Å²) in [5, 5.41) is 0. The van der Waals surface area contributed by atoms with Crippen LogP contribution in [0.5, 0.6) is 0 Å². The molecule has 4 aliphatic heterocycles. The van der Waals surface area contributed by atoms with E-state index in [1.54, 1.807) is 7.05 Å². The number of likely N-dealkylation sites (tertiary alicyclic amines) is 1. The van der Waals surface area contributed by atoms with Gasteiger partial charge in [0.05, 0.1) is 23.6 Å². The number of fused-ring (bicyclic) bond motifs is 1. The van der Waals surface area contributed by atoms with Crippen LogP contribution < -0.4 is 0 Å². The molecule has 6 rings (SSSR count). The molecule has 1 aromatic rings. The third-order valence-corrected chi connectivity index (χ3v) is 5.69. The standard InChI is InChI=1S/C18H17N3O2/c1-20-17(22)14-11-6-7-13(15(14)18(20)23)21-9-8-10-4-2-3-5-12(10)19-16(11)21/h2-7,11,13-15H,8-9H2,1H3. The maximum Gasteiger partial charge on any atom is 0.235 e. The number of imide groups is 1. The van der Waals surface area contributed by atoms with Gasteiger partial charge in [0.2, 0.25) is 11.8 Å². The molecule has 0 N–H and O–H groups in total. The molecule has 2 saturated heterocycles. The maximum atomic E-state index is 12.5. The van der Waals surface area contributed by atoms with Crippen LogP contribution in [0.3, 0.4) is 0 Å². The Balaban J connectivity index is 1.66. The first kappa shape index (κ1) is 13.0. The van der Waals surface area contributed by atoms with E-state index in [1.807, 2.05) is 18.2 Å². The fourth-order valence-electron chi connectivity index (χ4n) is 4.56. The second-order valence-electron chi connectivity index (χ2n) is 6.73. The lowest BCUT2D eigenvalue weighted by molar-refractivity contribution is -0.138.